The third-order valence-electron chi connectivity index (χ3n) is 3.61. The summed E-state index contributed by atoms with van der Waals surface area (Å²) >= 11 is 1.70. The average Bonchev–Trinajstić information content (AvgIpc) is 2.48. The molecular weight excluding hydrogens is 274 g/mol. The molecular formula is C15H21NO3S. The lowest BCUT2D eigenvalue weighted by atomic mass is 10.0. The van der Waals surface area contributed by atoms with Gasteiger partial charge < -0.3 is 9.84 Å². The molecule has 110 valence electrons. The molecule has 1 aromatic carbocycles. The second-order valence-corrected chi connectivity index (χ2v) is 5.79. The highest BCUT2D eigenvalue weighted by molar-refractivity contribution is 7.98. The van der Waals surface area contributed by atoms with Crippen LogP contribution < -0.4 is 4.74 Å². The van der Waals surface area contributed by atoms with Gasteiger partial charge in [0.25, 0.3) is 0 Å². The molecule has 0 radical (unpaired) electrons. The van der Waals surface area contributed by atoms with Gasteiger partial charge in [0.05, 0.1) is 0 Å². The predicted octanol–water partition coefficient (Wildman–Crippen LogP) is 2.73. The molecule has 0 amide bonds. The lowest BCUT2D eigenvalue weighted by molar-refractivity contribution is -0.144. The summed E-state index contributed by atoms with van der Waals surface area (Å²) in [6.45, 7) is 2.05. The van der Waals surface area contributed by atoms with Crippen molar-refractivity contribution in [3.8, 4) is 5.75 Å². The van der Waals surface area contributed by atoms with E-state index in [0.717, 1.165) is 31.6 Å². The molecule has 0 aliphatic carbocycles. The normalized spacial score (nSPS) is 19.8. The first kappa shape index (κ1) is 15.2. The Morgan fingerprint density at radius 2 is 2.15 bits per heavy atom. The molecule has 0 saturated carbocycles. The van der Waals surface area contributed by atoms with Crippen LogP contribution in [-0.4, -0.2) is 48.0 Å². The first-order chi connectivity index (χ1) is 9.70. The number of likely N-dealkylation sites (tertiary alicyclic amines) is 1. The topological polar surface area (TPSA) is 49.8 Å². The number of carboxylic acid groups (broad SMARTS) is 1. The van der Waals surface area contributed by atoms with Gasteiger partial charge in [0.2, 0.25) is 0 Å². The van der Waals surface area contributed by atoms with E-state index in [-0.39, 0.29) is 6.04 Å². The Labute approximate surface area is 124 Å². The van der Waals surface area contributed by atoms with Gasteiger partial charge in [-0.25, -0.2) is 0 Å². The smallest absolute Gasteiger partial charge is 0.320 e. The molecule has 1 atom stereocenters. The summed E-state index contributed by atoms with van der Waals surface area (Å²) in [4.78, 5) is 14.4. The molecule has 4 nitrogen and oxygen atoms in total. The fourth-order valence-electron chi connectivity index (χ4n) is 2.49. The highest BCUT2D eigenvalue weighted by Gasteiger charge is 2.27. The van der Waals surface area contributed by atoms with Crippen LogP contribution in [0.2, 0.25) is 0 Å². The van der Waals surface area contributed by atoms with Crippen LogP contribution >= 0.6 is 11.8 Å². The predicted molar refractivity (Wildman–Crippen MR) is 80.6 cm³/mol. The van der Waals surface area contributed by atoms with Crippen molar-refractivity contribution in [2.75, 3.05) is 26.0 Å². The Morgan fingerprint density at radius 3 is 2.80 bits per heavy atom. The molecule has 1 fully saturated rings. The summed E-state index contributed by atoms with van der Waals surface area (Å²) in [6, 6.07) is 7.63. The average molecular weight is 295 g/mol. The molecule has 1 unspecified atom stereocenters. The summed E-state index contributed by atoms with van der Waals surface area (Å²) in [5.74, 6) is 0.126. The molecule has 0 spiro atoms. The number of benzene rings is 1. The number of rotatable bonds is 6. The third-order valence-corrected chi connectivity index (χ3v) is 4.35. The molecule has 1 aromatic rings. The maximum Gasteiger partial charge on any atom is 0.320 e. The SMILES string of the molecule is CSc1ccc(OCCN2CCCCC2C(=O)O)cc1. The standard InChI is InChI=1S/C15H21NO3S/c1-20-13-7-5-12(6-8-13)19-11-10-16-9-3-2-4-14(16)15(17)18/h5-8,14H,2-4,9-11H2,1H3,(H,17,18). The van der Waals surface area contributed by atoms with Gasteiger partial charge in [0, 0.05) is 11.4 Å². The number of hydrogen-bond donors (Lipinski definition) is 1. The van der Waals surface area contributed by atoms with Crippen molar-refractivity contribution < 1.29 is 14.6 Å². The number of ether oxygens (including phenoxy) is 1. The minimum absolute atomic E-state index is 0.341. The van der Waals surface area contributed by atoms with Gasteiger partial charge in [-0.3, -0.25) is 9.69 Å². The summed E-state index contributed by atoms with van der Waals surface area (Å²) in [5.41, 5.74) is 0. The van der Waals surface area contributed by atoms with E-state index in [1.807, 2.05) is 35.4 Å². The van der Waals surface area contributed by atoms with Crippen LogP contribution in [-0.2, 0) is 4.79 Å². The minimum Gasteiger partial charge on any atom is -0.492 e. The highest BCUT2D eigenvalue weighted by atomic mass is 32.2. The van der Waals surface area contributed by atoms with Crippen LogP contribution in [0.15, 0.2) is 29.2 Å². The number of carboxylic acids is 1. The number of thioether (sulfide) groups is 1. The molecule has 1 N–H and O–H groups in total. The quantitative estimate of drug-likeness (QED) is 0.818. The molecule has 5 heteroatoms. The van der Waals surface area contributed by atoms with Gasteiger partial charge in [0.1, 0.15) is 18.4 Å². The maximum atomic E-state index is 11.2. The lowest BCUT2D eigenvalue weighted by Crippen LogP contribution is -2.46. The zero-order valence-electron chi connectivity index (χ0n) is 11.7. The number of hydrogen-bond acceptors (Lipinski definition) is 4. The third kappa shape index (κ3) is 4.15. The molecule has 0 bridgehead atoms. The van der Waals surface area contributed by atoms with Gasteiger partial charge in [-0.1, -0.05) is 6.42 Å². The van der Waals surface area contributed by atoms with Crippen molar-refractivity contribution in [2.24, 2.45) is 0 Å². The van der Waals surface area contributed by atoms with Crippen LogP contribution in [0.5, 0.6) is 5.75 Å². The lowest BCUT2D eigenvalue weighted by Gasteiger charge is -2.32. The van der Waals surface area contributed by atoms with Crippen molar-refractivity contribution >= 4 is 17.7 Å². The molecule has 2 rings (SSSR count). The van der Waals surface area contributed by atoms with Gasteiger partial charge in [0.15, 0.2) is 0 Å². The van der Waals surface area contributed by atoms with E-state index in [0.29, 0.717) is 13.2 Å². The van der Waals surface area contributed by atoms with Crippen molar-refractivity contribution in [1.29, 1.82) is 0 Å². The highest BCUT2D eigenvalue weighted by Crippen LogP contribution is 2.20. The van der Waals surface area contributed by atoms with E-state index < -0.39 is 5.97 Å². The van der Waals surface area contributed by atoms with Gasteiger partial charge in [-0.05, 0) is 49.9 Å². The van der Waals surface area contributed by atoms with Crippen molar-refractivity contribution in [2.45, 2.75) is 30.2 Å². The first-order valence-corrected chi connectivity index (χ1v) is 8.17. The van der Waals surface area contributed by atoms with Crippen LogP contribution in [0.1, 0.15) is 19.3 Å². The van der Waals surface area contributed by atoms with Crippen molar-refractivity contribution in [3.05, 3.63) is 24.3 Å². The number of nitrogens with zero attached hydrogens (tertiary/aromatic N) is 1. The van der Waals surface area contributed by atoms with E-state index in [2.05, 4.69) is 0 Å². The van der Waals surface area contributed by atoms with Crippen LogP contribution in [0.4, 0.5) is 0 Å². The Kier molecular flexibility index (Phi) is 5.73. The van der Waals surface area contributed by atoms with E-state index in [1.54, 1.807) is 11.8 Å². The molecule has 1 aliphatic heterocycles. The second kappa shape index (κ2) is 7.55. The van der Waals surface area contributed by atoms with Gasteiger partial charge >= 0.3 is 5.97 Å². The summed E-state index contributed by atoms with van der Waals surface area (Å²) in [5, 5.41) is 9.20. The summed E-state index contributed by atoms with van der Waals surface area (Å²) in [6.07, 6.45) is 4.87. The summed E-state index contributed by atoms with van der Waals surface area (Å²) in [7, 11) is 0. The van der Waals surface area contributed by atoms with Crippen molar-refractivity contribution in [3.63, 3.8) is 0 Å². The zero-order valence-corrected chi connectivity index (χ0v) is 12.6. The van der Waals surface area contributed by atoms with E-state index in [4.69, 9.17) is 4.74 Å². The largest absolute Gasteiger partial charge is 0.492 e. The Hall–Kier alpha value is -1.20. The Bertz CT molecular complexity index is 435. The van der Waals surface area contributed by atoms with Gasteiger partial charge in [-0.15, -0.1) is 11.8 Å². The van der Waals surface area contributed by atoms with E-state index in [9.17, 15) is 9.90 Å². The Morgan fingerprint density at radius 1 is 1.40 bits per heavy atom. The number of aliphatic carboxylic acids is 1. The number of piperidine rings is 1. The molecule has 1 saturated heterocycles. The fourth-order valence-corrected chi connectivity index (χ4v) is 2.90. The molecule has 20 heavy (non-hydrogen) atoms. The van der Waals surface area contributed by atoms with Crippen LogP contribution in [0.25, 0.3) is 0 Å². The van der Waals surface area contributed by atoms with E-state index in [1.165, 1.54) is 4.90 Å². The summed E-state index contributed by atoms with van der Waals surface area (Å²) < 4.78 is 5.69. The molecule has 1 heterocycles. The zero-order chi connectivity index (χ0) is 14.4. The van der Waals surface area contributed by atoms with Gasteiger partial charge in [-0.2, -0.15) is 0 Å². The molecule has 0 aromatic heterocycles. The second-order valence-electron chi connectivity index (χ2n) is 4.91. The minimum atomic E-state index is -0.714. The van der Waals surface area contributed by atoms with E-state index >= 15 is 0 Å². The fraction of sp³-hybridized carbons (Fsp3) is 0.533. The Balaban J connectivity index is 1.80. The molecule has 1 aliphatic rings. The van der Waals surface area contributed by atoms with Crippen molar-refractivity contribution in [1.82, 2.24) is 4.90 Å². The first-order valence-electron chi connectivity index (χ1n) is 6.94. The van der Waals surface area contributed by atoms with Crippen LogP contribution in [0, 0.1) is 0 Å². The maximum absolute atomic E-state index is 11.2. The van der Waals surface area contributed by atoms with Crippen LogP contribution in [0.3, 0.4) is 0 Å². The number of carbonyl (C=O) groups is 1. The monoisotopic (exact) mass is 295 g/mol.